The summed E-state index contributed by atoms with van der Waals surface area (Å²) in [6.07, 6.45) is 0.0667. The number of morpholine rings is 1. The Hall–Kier alpha value is -0.890. The molecule has 0 amide bonds. The quantitative estimate of drug-likeness (QED) is 0.841. The van der Waals surface area contributed by atoms with E-state index in [2.05, 4.69) is 39.0 Å². The molecule has 1 aromatic rings. The Morgan fingerprint density at radius 1 is 1.59 bits per heavy atom. The van der Waals surface area contributed by atoms with Crippen LogP contribution in [0.25, 0.3) is 0 Å². The summed E-state index contributed by atoms with van der Waals surface area (Å²) in [5, 5.41) is 8.95. The summed E-state index contributed by atoms with van der Waals surface area (Å²) in [6.45, 7) is 4.23. The minimum absolute atomic E-state index is 0.0476. The third-order valence-electron chi connectivity index (χ3n) is 3.05. The van der Waals surface area contributed by atoms with E-state index >= 15 is 0 Å². The molecule has 0 saturated carbocycles. The molecule has 1 fully saturated rings. The van der Waals surface area contributed by atoms with Crippen LogP contribution in [0.5, 0.6) is 0 Å². The molecule has 1 aromatic carbocycles. The minimum atomic E-state index is -0.0476. The molecule has 0 radical (unpaired) electrons. The largest absolute Gasteiger partial charge is 0.371 e. The summed E-state index contributed by atoms with van der Waals surface area (Å²) in [4.78, 5) is 2.16. The molecule has 1 heterocycles. The lowest BCUT2D eigenvalue weighted by molar-refractivity contribution is -0.0359. The predicted octanol–water partition coefficient (Wildman–Crippen LogP) is 2.73. The van der Waals surface area contributed by atoms with Gasteiger partial charge in [-0.05, 0) is 24.6 Å². The zero-order valence-corrected chi connectivity index (χ0v) is 11.4. The third-order valence-corrected chi connectivity index (χ3v) is 3.55. The van der Waals surface area contributed by atoms with Gasteiger partial charge in [0.2, 0.25) is 0 Å². The fourth-order valence-electron chi connectivity index (χ4n) is 2.01. The Bertz CT molecular complexity index is 430. The van der Waals surface area contributed by atoms with Crippen molar-refractivity contribution in [1.29, 1.82) is 5.26 Å². The van der Waals surface area contributed by atoms with Crippen LogP contribution < -0.4 is 0 Å². The number of halogens is 1. The normalized spacial score (nSPS) is 23.0. The van der Waals surface area contributed by atoms with Gasteiger partial charge in [0.1, 0.15) is 0 Å². The average Bonchev–Trinajstić information content (AvgIpc) is 2.38. The van der Waals surface area contributed by atoms with Gasteiger partial charge in [-0.2, -0.15) is 5.26 Å². The molecule has 2 atom stereocenters. The minimum Gasteiger partial charge on any atom is -0.371 e. The molecule has 1 aliphatic heterocycles. The monoisotopic (exact) mass is 294 g/mol. The Labute approximate surface area is 110 Å². The molecule has 0 aliphatic carbocycles. The van der Waals surface area contributed by atoms with Gasteiger partial charge in [-0.1, -0.05) is 28.1 Å². The van der Waals surface area contributed by atoms with E-state index in [0.29, 0.717) is 6.61 Å². The van der Waals surface area contributed by atoms with Crippen LogP contribution >= 0.6 is 15.9 Å². The number of hydrogen-bond acceptors (Lipinski definition) is 3. The van der Waals surface area contributed by atoms with Gasteiger partial charge < -0.3 is 4.74 Å². The molecular weight excluding hydrogens is 280 g/mol. The van der Waals surface area contributed by atoms with Crippen molar-refractivity contribution in [3.05, 3.63) is 34.3 Å². The van der Waals surface area contributed by atoms with Crippen molar-refractivity contribution in [3.8, 4) is 6.07 Å². The van der Waals surface area contributed by atoms with Crippen LogP contribution in [0, 0.1) is 11.3 Å². The van der Waals surface area contributed by atoms with Gasteiger partial charge in [-0.25, -0.2) is 0 Å². The molecule has 0 spiro atoms. The SMILES string of the molecule is C[C@@H](C#N)N1CCO[C@@H](c2cccc(Br)c2)C1. The second-order valence-corrected chi connectivity index (χ2v) is 5.13. The van der Waals surface area contributed by atoms with E-state index < -0.39 is 0 Å². The van der Waals surface area contributed by atoms with Crippen molar-refractivity contribution < 1.29 is 4.74 Å². The van der Waals surface area contributed by atoms with Gasteiger partial charge in [-0.15, -0.1) is 0 Å². The number of nitriles is 1. The number of hydrogen-bond donors (Lipinski definition) is 0. The molecule has 1 aliphatic rings. The van der Waals surface area contributed by atoms with Crippen molar-refractivity contribution >= 4 is 15.9 Å². The van der Waals surface area contributed by atoms with Gasteiger partial charge in [0.25, 0.3) is 0 Å². The number of ether oxygens (including phenoxy) is 1. The van der Waals surface area contributed by atoms with E-state index in [1.54, 1.807) is 0 Å². The first-order valence-electron chi connectivity index (χ1n) is 5.71. The third kappa shape index (κ3) is 3.06. The maximum atomic E-state index is 8.95. The van der Waals surface area contributed by atoms with Gasteiger partial charge in [-0.3, -0.25) is 4.90 Å². The van der Waals surface area contributed by atoms with Gasteiger partial charge >= 0.3 is 0 Å². The van der Waals surface area contributed by atoms with E-state index in [4.69, 9.17) is 10.00 Å². The average molecular weight is 295 g/mol. The topological polar surface area (TPSA) is 36.3 Å². The second kappa shape index (κ2) is 5.63. The molecule has 3 nitrogen and oxygen atoms in total. The standard InChI is InChI=1S/C13H15BrN2O/c1-10(8-15)16-5-6-17-13(9-16)11-3-2-4-12(14)7-11/h2-4,7,10,13H,5-6,9H2,1H3/t10-,13+/m0/s1. The Morgan fingerprint density at radius 2 is 2.41 bits per heavy atom. The van der Waals surface area contributed by atoms with Crippen molar-refractivity contribution in [2.24, 2.45) is 0 Å². The lowest BCUT2D eigenvalue weighted by Gasteiger charge is -2.34. The fraction of sp³-hybridized carbons (Fsp3) is 0.462. The summed E-state index contributed by atoms with van der Waals surface area (Å²) in [5.41, 5.74) is 1.16. The molecule has 0 bridgehead atoms. The highest BCUT2D eigenvalue weighted by Gasteiger charge is 2.25. The number of nitrogens with zero attached hydrogens (tertiary/aromatic N) is 2. The summed E-state index contributed by atoms with van der Waals surface area (Å²) in [5.74, 6) is 0. The molecular formula is C13H15BrN2O. The van der Waals surface area contributed by atoms with Crippen LogP contribution in [-0.4, -0.2) is 30.6 Å². The predicted molar refractivity (Wildman–Crippen MR) is 69.5 cm³/mol. The summed E-state index contributed by atoms with van der Waals surface area (Å²) >= 11 is 3.46. The molecule has 1 saturated heterocycles. The highest BCUT2D eigenvalue weighted by Crippen LogP contribution is 2.25. The zero-order valence-electron chi connectivity index (χ0n) is 9.77. The maximum absolute atomic E-state index is 8.95. The smallest absolute Gasteiger partial charge is 0.0953 e. The summed E-state index contributed by atoms with van der Waals surface area (Å²) in [6, 6.07) is 10.4. The van der Waals surface area contributed by atoms with Crippen molar-refractivity contribution in [2.75, 3.05) is 19.7 Å². The highest BCUT2D eigenvalue weighted by atomic mass is 79.9. The molecule has 90 valence electrons. The Kier molecular flexibility index (Phi) is 4.16. The highest BCUT2D eigenvalue weighted by molar-refractivity contribution is 9.10. The second-order valence-electron chi connectivity index (χ2n) is 4.21. The Balaban J connectivity index is 2.10. The first-order chi connectivity index (χ1) is 8.20. The van der Waals surface area contributed by atoms with Crippen molar-refractivity contribution in [2.45, 2.75) is 19.1 Å². The summed E-state index contributed by atoms with van der Waals surface area (Å²) < 4.78 is 6.83. The lowest BCUT2D eigenvalue weighted by atomic mass is 10.1. The van der Waals surface area contributed by atoms with E-state index in [1.807, 2.05) is 19.1 Å². The van der Waals surface area contributed by atoms with E-state index in [0.717, 1.165) is 23.1 Å². The van der Waals surface area contributed by atoms with Crippen molar-refractivity contribution in [1.82, 2.24) is 4.90 Å². The van der Waals surface area contributed by atoms with E-state index in [9.17, 15) is 0 Å². The van der Waals surface area contributed by atoms with Gasteiger partial charge in [0.15, 0.2) is 0 Å². The van der Waals surface area contributed by atoms with E-state index in [-0.39, 0.29) is 12.1 Å². The number of benzene rings is 1. The fourth-order valence-corrected chi connectivity index (χ4v) is 2.43. The van der Waals surface area contributed by atoms with Crippen LogP contribution in [0.4, 0.5) is 0 Å². The van der Waals surface area contributed by atoms with Crippen LogP contribution in [-0.2, 0) is 4.74 Å². The first kappa shape index (κ1) is 12.6. The van der Waals surface area contributed by atoms with Crippen LogP contribution in [0.15, 0.2) is 28.7 Å². The Morgan fingerprint density at radius 3 is 3.12 bits per heavy atom. The summed E-state index contributed by atoms with van der Waals surface area (Å²) in [7, 11) is 0. The van der Waals surface area contributed by atoms with Gasteiger partial charge in [0.05, 0.1) is 24.8 Å². The molecule has 2 rings (SSSR count). The van der Waals surface area contributed by atoms with Gasteiger partial charge in [0, 0.05) is 17.6 Å². The molecule has 17 heavy (non-hydrogen) atoms. The molecule has 0 N–H and O–H groups in total. The maximum Gasteiger partial charge on any atom is 0.0953 e. The molecule has 4 heteroatoms. The lowest BCUT2D eigenvalue weighted by Crippen LogP contribution is -2.42. The van der Waals surface area contributed by atoms with Crippen LogP contribution in [0.3, 0.4) is 0 Å². The zero-order chi connectivity index (χ0) is 12.3. The first-order valence-corrected chi connectivity index (χ1v) is 6.50. The molecule has 0 unspecified atom stereocenters. The van der Waals surface area contributed by atoms with Crippen LogP contribution in [0.2, 0.25) is 0 Å². The number of rotatable bonds is 2. The van der Waals surface area contributed by atoms with E-state index in [1.165, 1.54) is 0 Å². The molecule has 0 aromatic heterocycles. The van der Waals surface area contributed by atoms with Crippen molar-refractivity contribution in [3.63, 3.8) is 0 Å². The van der Waals surface area contributed by atoms with Crippen LogP contribution in [0.1, 0.15) is 18.6 Å².